The molecule has 5 heteroatoms. The number of H-pyrrole nitrogens is 1. The minimum absolute atomic E-state index is 0.354. The molecule has 18 heavy (non-hydrogen) atoms. The molecule has 0 aliphatic heterocycles. The van der Waals surface area contributed by atoms with E-state index in [-0.39, 0.29) is 0 Å². The molecule has 94 valence electrons. The summed E-state index contributed by atoms with van der Waals surface area (Å²) >= 11 is 3.11. The molecule has 2 rings (SSSR count). The van der Waals surface area contributed by atoms with Crippen LogP contribution in [0.15, 0.2) is 44.5 Å². The molecular weight excluding hydrogens is 296 g/mol. The quantitative estimate of drug-likeness (QED) is 0.941. The Bertz CT molecular complexity index is 656. The predicted molar refractivity (Wildman–Crippen MR) is 73.9 cm³/mol. The number of aryl methyl sites for hydroxylation is 1. The molecule has 0 atom stereocenters. The number of aromatic nitrogens is 2. The SMILES string of the molecule is CCc1ccc(Cn2cc(Br)c(=O)[nH]c2=O)cc1. The lowest BCUT2D eigenvalue weighted by atomic mass is 10.1. The molecule has 0 saturated carbocycles. The topological polar surface area (TPSA) is 54.9 Å². The van der Waals surface area contributed by atoms with Crippen molar-refractivity contribution in [3.8, 4) is 0 Å². The lowest BCUT2D eigenvalue weighted by Gasteiger charge is -2.06. The van der Waals surface area contributed by atoms with Gasteiger partial charge in [0.2, 0.25) is 0 Å². The van der Waals surface area contributed by atoms with Crippen LogP contribution in [-0.2, 0) is 13.0 Å². The van der Waals surface area contributed by atoms with Gasteiger partial charge in [0.05, 0.1) is 11.0 Å². The fourth-order valence-corrected chi connectivity index (χ4v) is 2.02. The first-order chi connectivity index (χ1) is 8.60. The van der Waals surface area contributed by atoms with Crippen LogP contribution in [-0.4, -0.2) is 9.55 Å². The molecule has 1 heterocycles. The van der Waals surface area contributed by atoms with Crippen molar-refractivity contribution >= 4 is 15.9 Å². The van der Waals surface area contributed by atoms with E-state index in [2.05, 4.69) is 27.8 Å². The molecule has 1 aromatic carbocycles. The second-order valence-electron chi connectivity index (χ2n) is 4.03. The van der Waals surface area contributed by atoms with Crippen LogP contribution in [0.3, 0.4) is 0 Å². The molecule has 0 bridgehead atoms. The minimum Gasteiger partial charge on any atom is -0.295 e. The smallest absolute Gasteiger partial charge is 0.295 e. The lowest BCUT2D eigenvalue weighted by Crippen LogP contribution is -2.30. The van der Waals surface area contributed by atoms with Crippen molar-refractivity contribution in [2.24, 2.45) is 0 Å². The average molecular weight is 309 g/mol. The molecule has 4 nitrogen and oxygen atoms in total. The normalized spacial score (nSPS) is 10.6. The van der Waals surface area contributed by atoms with Crippen molar-refractivity contribution < 1.29 is 0 Å². The van der Waals surface area contributed by atoms with Crippen LogP contribution >= 0.6 is 15.9 Å². The Morgan fingerprint density at radius 2 is 1.78 bits per heavy atom. The number of halogens is 1. The maximum absolute atomic E-state index is 11.6. The Hall–Kier alpha value is -1.62. The molecule has 0 spiro atoms. The van der Waals surface area contributed by atoms with Gasteiger partial charge in [-0.1, -0.05) is 31.2 Å². The van der Waals surface area contributed by atoms with Crippen LogP contribution in [0.1, 0.15) is 18.1 Å². The number of benzene rings is 1. The third-order valence-electron chi connectivity index (χ3n) is 2.75. The minimum atomic E-state index is -0.405. The van der Waals surface area contributed by atoms with Crippen molar-refractivity contribution in [1.82, 2.24) is 9.55 Å². The van der Waals surface area contributed by atoms with Gasteiger partial charge in [-0.3, -0.25) is 14.3 Å². The average Bonchev–Trinajstić information content (AvgIpc) is 2.37. The molecule has 0 unspecified atom stereocenters. The molecule has 0 radical (unpaired) electrons. The van der Waals surface area contributed by atoms with Gasteiger partial charge in [-0.05, 0) is 33.5 Å². The first-order valence-corrected chi connectivity index (χ1v) is 6.46. The van der Waals surface area contributed by atoms with Gasteiger partial charge < -0.3 is 0 Å². The summed E-state index contributed by atoms with van der Waals surface area (Å²) in [5, 5.41) is 0. The van der Waals surface area contributed by atoms with Crippen LogP contribution in [0.2, 0.25) is 0 Å². The molecule has 0 saturated heterocycles. The van der Waals surface area contributed by atoms with E-state index in [9.17, 15) is 9.59 Å². The second kappa shape index (κ2) is 5.35. The van der Waals surface area contributed by atoms with E-state index in [4.69, 9.17) is 0 Å². The highest BCUT2D eigenvalue weighted by Crippen LogP contribution is 2.07. The Labute approximate surface area is 112 Å². The first-order valence-electron chi connectivity index (χ1n) is 5.67. The zero-order valence-corrected chi connectivity index (χ0v) is 11.5. The Balaban J connectivity index is 2.31. The fraction of sp³-hybridized carbons (Fsp3) is 0.231. The molecule has 0 fully saturated rings. The largest absolute Gasteiger partial charge is 0.328 e. The van der Waals surface area contributed by atoms with Gasteiger partial charge in [0, 0.05) is 6.20 Å². The van der Waals surface area contributed by atoms with Crippen molar-refractivity contribution in [3.05, 3.63) is 66.9 Å². The van der Waals surface area contributed by atoms with Crippen LogP contribution < -0.4 is 11.2 Å². The molecule has 2 aromatic rings. The van der Waals surface area contributed by atoms with Gasteiger partial charge in [-0.25, -0.2) is 4.79 Å². The third-order valence-corrected chi connectivity index (χ3v) is 3.32. The first kappa shape index (κ1) is 12.8. The van der Waals surface area contributed by atoms with E-state index in [1.54, 1.807) is 0 Å². The van der Waals surface area contributed by atoms with Crippen molar-refractivity contribution in [3.63, 3.8) is 0 Å². The van der Waals surface area contributed by atoms with Gasteiger partial charge in [0.15, 0.2) is 0 Å². The summed E-state index contributed by atoms with van der Waals surface area (Å²) in [5.41, 5.74) is 1.47. The number of hydrogen-bond donors (Lipinski definition) is 1. The second-order valence-corrected chi connectivity index (χ2v) is 4.89. The summed E-state index contributed by atoms with van der Waals surface area (Å²) in [4.78, 5) is 25.1. The highest BCUT2D eigenvalue weighted by atomic mass is 79.9. The van der Waals surface area contributed by atoms with E-state index >= 15 is 0 Å². The number of nitrogens with zero attached hydrogens (tertiary/aromatic N) is 1. The van der Waals surface area contributed by atoms with E-state index in [1.165, 1.54) is 16.3 Å². The van der Waals surface area contributed by atoms with E-state index < -0.39 is 11.2 Å². The van der Waals surface area contributed by atoms with Gasteiger partial charge in [0.1, 0.15) is 0 Å². The van der Waals surface area contributed by atoms with Crippen LogP contribution in [0.4, 0.5) is 0 Å². The van der Waals surface area contributed by atoms with Crippen molar-refractivity contribution in [1.29, 1.82) is 0 Å². The highest BCUT2D eigenvalue weighted by molar-refractivity contribution is 9.10. The number of hydrogen-bond acceptors (Lipinski definition) is 2. The molecule has 1 N–H and O–H groups in total. The maximum Gasteiger partial charge on any atom is 0.328 e. The van der Waals surface area contributed by atoms with E-state index in [0.717, 1.165) is 12.0 Å². The van der Waals surface area contributed by atoms with Gasteiger partial charge >= 0.3 is 5.69 Å². The molecule has 0 amide bonds. The standard InChI is InChI=1S/C13H13BrN2O2/c1-2-9-3-5-10(6-4-9)7-16-8-11(14)12(17)15-13(16)18/h3-6,8H,2,7H2,1H3,(H,15,17,18). The zero-order chi connectivity index (χ0) is 13.1. The van der Waals surface area contributed by atoms with Crippen LogP contribution in [0.5, 0.6) is 0 Å². The van der Waals surface area contributed by atoms with Crippen molar-refractivity contribution in [2.75, 3.05) is 0 Å². The summed E-state index contributed by atoms with van der Waals surface area (Å²) in [6.07, 6.45) is 2.50. The zero-order valence-electron chi connectivity index (χ0n) is 9.94. The Morgan fingerprint density at radius 3 is 2.39 bits per heavy atom. The fourth-order valence-electron chi connectivity index (χ4n) is 1.68. The molecule has 0 aliphatic rings. The van der Waals surface area contributed by atoms with Gasteiger partial charge in [-0.2, -0.15) is 0 Å². The number of nitrogens with one attached hydrogen (secondary N) is 1. The number of rotatable bonds is 3. The summed E-state index contributed by atoms with van der Waals surface area (Å²) in [7, 11) is 0. The van der Waals surface area contributed by atoms with Crippen molar-refractivity contribution in [2.45, 2.75) is 19.9 Å². The van der Waals surface area contributed by atoms with Crippen LogP contribution in [0, 0.1) is 0 Å². The summed E-state index contributed by atoms with van der Waals surface area (Å²) in [6, 6.07) is 8.07. The molecule has 1 aromatic heterocycles. The Kier molecular flexibility index (Phi) is 3.81. The van der Waals surface area contributed by atoms with E-state index in [1.807, 2.05) is 24.3 Å². The summed E-state index contributed by atoms with van der Waals surface area (Å²) in [6.45, 7) is 2.54. The maximum atomic E-state index is 11.6. The monoisotopic (exact) mass is 308 g/mol. The summed E-state index contributed by atoms with van der Waals surface area (Å²) < 4.78 is 1.82. The predicted octanol–water partition coefficient (Wildman–Crippen LogP) is 1.91. The van der Waals surface area contributed by atoms with E-state index in [0.29, 0.717) is 11.0 Å². The van der Waals surface area contributed by atoms with Gasteiger partial charge in [0.25, 0.3) is 5.56 Å². The number of aromatic amines is 1. The van der Waals surface area contributed by atoms with Crippen LogP contribution in [0.25, 0.3) is 0 Å². The molecular formula is C13H13BrN2O2. The third kappa shape index (κ3) is 2.79. The molecule has 0 aliphatic carbocycles. The summed E-state index contributed by atoms with van der Waals surface area (Å²) in [5.74, 6) is 0. The highest BCUT2D eigenvalue weighted by Gasteiger charge is 2.02. The lowest BCUT2D eigenvalue weighted by molar-refractivity contribution is 0.715. The Morgan fingerprint density at radius 1 is 1.17 bits per heavy atom. The van der Waals surface area contributed by atoms with Gasteiger partial charge in [-0.15, -0.1) is 0 Å².